The number of halogens is 1. The molecule has 3 rings (SSSR count). The molecule has 0 aliphatic carbocycles. The van der Waals surface area contributed by atoms with Gasteiger partial charge in [0.1, 0.15) is 18.5 Å². The Morgan fingerprint density at radius 1 is 1.04 bits per heavy atom. The van der Waals surface area contributed by atoms with Crippen LogP contribution in [0.15, 0.2) is 30.6 Å². The number of hydrogen-bond acceptors (Lipinski definition) is 8. The van der Waals surface area contributed by atoms with Crippen LogP contribution in [0.25, 0.3) is 11.0 Å². The van der Waals surface area contributed by atoms with Gasteiger partial charge in [-0.25, -0.2) is 14.4 Å². The average Bonchev–Trinajstić information content (AvgIpc) is 2.64. The lowest BCUT2D eigenvalue weighted by atomic mass is 10.3. The number of hydrogen-bond donors (Lipinski definition) is 1. The fraction of sp³-hybridized carbons (Fsp3) is 0.235. The largest absolute Gasteiger partial charge is 0.485 e. The van der Waals surface area contributed by atoms with E-state index in [0.29, 0.717) is 35.7 Å². The van der Waals surface area contributed by atoms with Crippen molar-refractivity contribution in [2.24, 2.45) is 0 Å². The summed E-state index contributed by atoms with van der Waals surface area (Å²) in [5.74, 6) is 0.0791. The van der Waals surface area contributed by atoms with Gasteiger partial charge in [-0.15, -0.1) is 0 Å². The molecule has 2 aromatic heterocycles. The van der Waals surface area contributed by atoms with Gasteiger partial charge in [0.25, 0.3) is 5.88 Å². The average molecular weight is 360 g/mol. The molecular formula is C17H17FN4O4. The summed E-state index contributed by atoms with van der Waals surface area (Å²) in [6.45, 7) is 0.737. The van der Waals surface area contributed by atoms with Crippen LogP contribution < -0.4 is 19.9 Å². The zero-order valence-corrected chi connectivity index (χ0v) is 14.2. The van der Waals surface area contributed by atoms with Gasteiger partial charge in [0.05, 0.1) is 13.7 Å². The number of anilines is 1. The quantitative estimate of drug-likeness (QED) is 0.507. The second kappa shape index (κ2) is 7.79. The lowest BCUT2D eigenvalue weighted by Gasteiger charge is -2.12. The van der Waals surface area contributed by atoms with Crippen molar-refractivity contribution in [1.29, 1.82) is 0 Å². The fourth-order valence-corrected chi connectivity index (χ4v) is 2.19. The Bertz CT molecular complexity index is 923. The lowest BCUT2D eigenvalue weighted by molar-refractivity contribution is 0.144. The third-order valence-corrected chi connectivity index (χ3v) is 3.41. The standard InChI is InChI=1S/C17H17FN4O4/c1-23-5-6-25-14-8-12-15(22-16(14)24-2)17(21-9-20-12)26-13-4-3-10(19)7-11(13)18/h3-4,7-9H,5-6,19H2,1-2H3. The Balaban J connectivity index is 1.98. The number of fused-ring (bicyclic) bond motifs is 1. The summed E-state index contributed by atoms with van der Waals surface area (Å²) >= 11 is 0. The Morgan fingerprint density at radius 2 is 1.88 bits per heavy atom. The van der Waals surface area contributed by atoms with E-state index in [2.05, 4.69) is 15.0 Å². The molecule has 8 nitrogen and oxygen atoms in total. The number of nitrogens with zero attached hydrogens (tertiary/aromatic N) is 3. The molecule has 9 heteroatoms. The van der Waals surface area contributed by atoms with Crippen LogP contribution in [-0.2, 0) is 4.74 Å². The summed E-state index contributed by atoms with van der Waals surface area (Å²) in [6, 6.07) is 5.74. The number of pyridine rings is 1. The number of nitrogen functional groups attached to an aromatic ring is 1. The molecule has 0 aliphatic rings. The maximum atomic E-state index is 14.0. The van der Waals surface area contributed by atoms with Gasteiger partial charge in [0.15, 0.2) is 22.8 Å². The maximum absolute atomic E-state index is 14.0. The highest BCUT2D eigenvalue weighted by molar-refractivity contribution is 5.81. The molecule has 0 saturated heterocycles. The minimum Gasteiger partial charge on any atom is -0.485 e. The molecule has 1 aromatic carbocycles. The van der Waals surface area contributed by atoms with Crippen molar-refractivity contribution >= 4 is 16.7 Å². The topological polar surface area (TPSA) is 102 Å². The molecular weight excluding hydrogens is 343 g/mol. The van der Waals surface area contributed by atoms with Crippen molar-refractivity contribution in [3.63, 3.8) is 0 Å². The first kappa shape index (κ1) is 17.6. The monoisotopic (exact) mass is 360 g/mol. The predicted molar refractivity (Wildman–Crippen MR) is 92.1 cm³/mol. The molecule has 3 aromatic rings. The van der Waals surface area contributed by atoms with Crippen LogP contribution in [0.1, 0.15) is 0 Å². The van der Waals surface area contributed by atoms with Crippen molar-refractivity contribution < 1.29 is 23.3 Å². The molecule has 0 spiro atoms. The molecule has 0 aliphatic heterocycles. The van der Waals surface area contributed by atoms with Crippen LogP contribution in [0.4, 0.5) is 10.1 Å². The van der Waals surface area contributed by atoms with E-state index in [1.165, 1.54) is 25.6 Å². The molecule has 2 heterocycles. The molecule has 0 atom stereocenters. The van der Waals surface area contributed by atoms with Crippen molar-refractivity contribution in [2.45, 2.75) is 0 Å². The third-order valence-electron chi connectivity index (χ3n) is 3.41. The van der Waals surface area contributed by atoms with Gasteiger partial charge < -0.3 is 24.7 Å². The summed E-state index contributed by atoms with van der Waals surface area (Å²) in [7, 11) is 3.04. The number of benzene rings is 1. The number of aromatic nitrogens is 3. The second-order valence-electron chi connectivity index (χ2n) is 5.18. The first-order valence-corrected chi connectivity index (χ1v) is 7.66. The molecule has 0 fully saturated rings. The van der Waals surface area contributed by atoms with Crippen LogP contribution >= 0.6 is 0 Å². The van der Waals surface area contributed by atoms with E-state index < -0.39 is 5.82 Å². The van der Waals surface area contributed by atoms with Gasteiger partial charge in [-0.05, 0) is 12.1 Å². The molecule has 2 N–H and O–H groups in total. The summed E-state index contributed by atoms with van der Waals surface area (Å²) in [5, 5.41) is 0. The molecule has 0 saturated carbocycles. The Morgan fingerprint density at radius 3 is 2.62 bits per heavy atom. The normalized spacial score (nSPS) is 10.7. The molecule has 136 valence electrons. The summed E-state index contributed by atoms with van der Waals surface area (Å²) in [5.41, 5.74) is 6.60. The fourth-order valence-electron chi connectivity index (χ4n) is 2.19. The van der Waals surface area contributed by atoms with Gasteiger partial charge in [-0.1, -0.05) is 0 Å². The second-order valence-corrected chi connectivity index (χ2v) is 5.18. The van der Waals surface area contributed by atoms with E-state index in [1.807, 2.05) is 0 Å². The molecule has 0 amide bonds. The van der Waals surface area contributed by atoms with E-state index in [9.17, 15) is 4.39 Å². The maximum Gasteiger partial charge on any atom is 0.257 e. The Kier molecular flexibility index (Phi) is 5.28. The van der Waals surface area contributed by atoms with Crippen LogP contribution in [0, 0.1) is 5.82 Å². The summed E-state index contributed by atoms with van der Waals surface area (Å²) in [6.07, 6.45) is 1.29. The Hall–Kier alpha value is -3.20. The van der Waals surface area contributed by atoms with Crippen LogP contribution in [0.3, 0.4) is 0 Å². The zero-order chi connectivity index (χ0) is 18.5. The van der Waals surface area contributed by atoms with E-state index in [-0.39, 0.29) is 17.5 Å². The third kappa shape index (κ3) is 3.72. The first-order valence-electron chi connectivity index (χ1n) is 7.66. The molecule has 0 bridgehead atoms. The number of ether oxygens (including phenoxy) is 4. The first-order chi connectivity index (χ1) is 12.6. The zero-order valence-electron chi connectivity index (χ0n) is 14.2. The van der Waals surface area contributed by atoms with Gasteiger partial charge in [-0.2, -0.15) is 4.98 Å². The number of nitrogens with two attached hydrogens (primary N) is 1. The van der Waals surface area contributed by atoms with Crippen LogP contribution in [0.2, 0.25) is 0 Å². The summed E-state index contributed by atoms with van der Waals surface area (Å²) in [4.78, 5) is 12.5. The highest BCUT2D eigenvalue weighted by atomic mass is 19.1. The lowest BCUT2D eigenvalue weighted by Crippen LogP contribution is -2.06. The van der Waals surface area contributed by atoms with Crippen molar-refractivity contribution in [3.8, 4) is 23.3 Å². The van der Waals surface area contributed by atoms with Crippen LogP contribution in [-0.4, -0.2) is 42.4 Å². The van der Waals surface area contributed by atoms with Crippen molar-refractivity contribution in [3.05, 3.63) is 36.4 Å². The van der Waals surface area contributed by atoms with E-state index >= 15 is 0 Å². The minimum absolute atomic E-state index is 0.0274. The van der Waals surface area contributed by atoms with Gasteiger partial charge in [0.2, 0.25) is 5.88 Å². The van der Waals surface area contributed by atoms with Gasteiger partial charge in [0, 0.05) is 24.9 Å². The van der Waals surface area contributed by atoms with E-state index in [4.69, 9.17) is 24.7 Å². The van der Waals surface area contributed by atoms with Crippen LogP contribution in [0.5, 0.6) is 23.3 Å². The molecule has 26 heavy (non-hydrogen) atoms. The Labute approximate surface area is 148 Å². The van der Waals surface area contributed by atoms with Gasteiger partial charge in [-0.3, -0.25) is 0 Å². The number of rotatable bonds is 7. The predicted octanol–water partition coefficient (Wildman–Crippen LogP) is 2.57. The molecule has 0 radical (unpaired) electrons. The highest BCUT2D eigenvalue weighted by Crippen LogP contribution is 2.33. The smallest absolute Gasteiger partial charge is 0.257 e. The minimum atomic E-state index is -0.608. The van der Waals surface area contributed by atoms with Crippen molar-refractivity contribution in [1.82, 2.24) is 15.0 Å². The summed E-state index contributed by atoms with van der Waals surface area (Å²) < 4.78 is 35.3. The van der Waals surface area contributed by atoms with Gasteiger partial charge >= 0.3 is 0 Å². The van der Waals surface area contributed by atoms with Crippen molar-refractivity contribution in [2.75, 3.05) is 33.2 Å². The van der Waals surface area contributed by atoms with E-state index in [1.54, 1.807) is 13.2 Å². The number of methoxy groups -OCH3 is 2. The van der Waals surface area contributed by atoms with E-state index in [0.717, 1.165) is 6.07 Å². The SMILES string of the molecule is COCCOc1cc2ncnc(Oc3ccc(N)cc3F)c2nc1OC. The molecule has 0 unspecified atom stereocenters. The highest BCUT2D eigenvalue weighted by Gasteiger charge is 2.16.